The van der Waals surface area contributed by atoms with Gasteiger partial charge in [0.15, 0.2) is 0 Å². The van der Waals surface area contributed by atoms with Crippen LogP contribution in [-0.2, 0) is 9.47 Å². The molecule has 0 spiro atoms. The molecule has 470 valence electrons. The molecule has 0 unspecified atom stereocenters. The Balaban J connectivity index is 0.000000200. The van der Waals surface area contributed by atoms with Crippen molar-refractivity contribution in [2.45, 2.75) is 126 Å². The fourth-order valence-corrected chi connectivity index (χ4v) is 10.4. The number of piperidine rings is 3. The number of pyridine rings is 3. The first-order chi connectivity index (χ1) is 41.8. The minimum absolute atomic E-state index is 0.0266. The summed E-state index contributed by atoms with van der Waals surface area (Å²) in [5.41, 5.74) is 10.7. The summed E-state index contributed by atoms with van der Waals surface area (Å²) in [4.78, 5) is 90.6. The smallest absolute Gasteiger partial charge is 0.338 e. The molecule has 3 aliphatic rings. The number of nitrogens with one attached hydrogen (secondary N) is 4. The number of hydrogen-bond donors (Lipinski definition) is 8. The number of rotatable bonds is 12. The maximum Gasteiger partial charge on any atom is 0.338 e. The fraction of sp³-hybridized carbons (Fsp3) is 0.409. The second-order valence-electron chi connectivity index (χ2n) is 22.2. The molecule has 3 saturated heterocycles. The number of carbonyl (C=O) groups is 6. The summed E-state index contributed by atoms with van der Waals surface area (Å²) in [6.07, 6.45) is 4.06. The number of carbonyl (C=O) groups excluding carboxylic acids is 5. The first kappa shape index (κ1) is 68.8. The number of aromatic nitrogens is 3. The number of aliphatic hydroxyl groups is 3. The van der Waals surface area contributed by atoms with Crippen molar-refractivity contribution in [3.63, 3.8) is 0 Å². The second-order valence-corrected chi connectivity index (χ2v) is 22.6. The number of esters is 2. The van der Waals surface area contributed by atoms with Gasteiger partial charge in [-0.3, -0.25) is 14.4 Å². The van der Waals surface area contributed by atoms with Gasteiger partial charge in [-0.2, -0.15) is 0 Å². The van der Waals surface area contributed by atoms with Gasteiger partial charge in [0.2, 0.25) is 0 Å². The zero-order valence-electron chi connectivity index (χ0n) is 52.0. The summed E-state index contributed by atoms with van der Waals surface area (Å²) in [5.74, 6) is -1.30. The molecule has 6 heterocycles. The molecule has 21 nitrogen and oxygen atoms in total. The van der Waals surface area contributed by atoms with E-state index >= 15 is 0 Å². The van der Waals surface area contributed by atoms with Crippen LogP contribution in [0.5, 0.6) is 0 Å². The summed E-state index contributed by atoms with van der Waals surface area (Å²) < 4.78 is 9.78. The van der Waals surface area contributed by atoms with Crippen LogP contribution in [0.15, 0.2) is 72.8 Å². The Morgan fingerprint density at radius 2 is 0.830 bits per heavy atom. The van der Waals surface area contributed by atoms with Crippen LogP contribution in [0.2, 0.25) is 5.15 Å². The lowest BCUT2D eigenvalue weighted by molar-refractivity contribution is 0.0524. The van der Waals surface area contributed by atoms with Gasteiger partial charge in [-0.25, -0.2) is 29.3 Å². The molecule has 0 bridgehead atoms. The SMILES string of the molecule is CCOC(=O)c1cc(C)c(NC(=O)c2nc(N3CCC(O)CC3)ccc2C)c(C)c1.COC(=O)c1cc(C)c(NC(=O)c2nc(Cl)ccc2C)c(C)c1.Cc1ccc(N2CCC(O)CC2)nc1C(=O)Nc1c(C)cc(C(=O)O)cc1C.OC1CCNCC1. The van der Waals surface area contributed by atoms with Crippen molar-refractivity contribution < 1.29 is 58.7 Å². The number of nitrogens with zero attached hydrogens (tertiary/aromatic N) is 5. The van der Waals surface area contributed by atoms with E-state index in [4.69, 9.17) is 26.2 Å². The Morgan fingerprint density at radius 3 is 1.16 bits per heavy atom. The molecule has 6 aromatic rings. The zero-order valence-corrected chi connectivity index (χ0v) is 52.8. The van der Waals surface area contributed by atoms with Gasteiger partial charge in [0.25, 0.3) is 17.7 Å². The highest BCUT2D eigenvalue weighted by Crippen LogP contribution is 2.29. The molecule has 0 radical (unpaired) electrons. The molecule has 0 saturated carbocycles. The van der Waals surface area contributed by atoms with Crippen LogP contribution in [0.4, 0.5) is 28.7 Å². The van der Waals surface area contributed by atoms with Gasteiger partial charge >= 0.3 is 17.9 Å². The number of ether oxygens (including phenoxy) is 2. The van der Waals surface area contributed by atoms with Crippen LogP contribution in [0.3, 0.4) is 0 Å². The molecule has 3 aromatic carbocycles. The molecule has 3 aromatic heterocycles. The minimum Gasteiger partial charge on any atom is -0.478 e. The summed E-state index contributed by atoms with van der Waals surface area (Å²) in [6.45, 7) is 23.2. The van der Waals surface area contributed by atoms with Gasteiger partial charge in [-0.15, -0.1) is 0 Å². The quantitative estimate of drug-likeness (QED) is 0.0418. The van der Waals surface area contributed by atoms with E-state index in [1.54, 1.807) is 76.2 Å². The van der Waals surface area contributed by atoms with Gasteiger partial charge < -0.3 is 61.0 Å². The molecule has 3 amide bonds. The van der Waals surface area contributed by atoms with Gasteiger partial charge in [-0.1, -0.05) is 29.8 Å². The molecule has 88 heavy (non-hydrogen) atoms. The van der Waals surface area contributed by atoms with Crippen LogP contribution in [0.25, 0.3) is 0 Å². The molecule has 9 rings (SSSR count). The lowest BCUT2D eigenvalue weighted by atomic mass is 10.0. The van der Waals surface area contributed by atoms with Crippen LogP contribution in [0, 0.1) is 62.3 Å². The van der Waals surface area contributed by atoms with Crippen molar-refractivity contribution in [3.8, 4) is 0 Å². The first-order valence-electron chi connectivity index (χ1n) is 29.4. The maximum absolute atomic E-state index is 13.0. The molecular formula is C66H82ClN9O12. The van der Waals surface area contributed by atoms with Crippen LogP contribution >= 0.6 is 11.6 Å². The zero-order chi connectivity index (χ0) is 64.5. The van der Waals surface area contributed by atoms with E-state index in [0.717, 1.165) is 76.5 Å². The molecule has 8 N–H and O–H groups in total. The van der Waals surface area contributed by atoms with E-state index in [1.807, 2.05) is 65.8 Å². The Bertz CT molecular complexity index is 3430. The number of carboxylic acids is 1. The molecule has 3 fully saturated rings. The van der Waals surface area contributed by atoms with Crippen LogP contribution in [0.1, 0.15) is 158 Å². The number of aryl methyl sites for hydroxylation is 9. The number of aliphatic hydroxyl groups excluding tert-OH is 3. The van der Waals surface area contributed by atoms with E-state index in [2.05, 4.69) is 46.0 Å². The second kappa shape index (κ2) is 32.1. The lowest BCUT2D eigenvalue weighted by Gasteiger charge is -2.30. The number of amides is 3. The fourth-order valence-electron chi connectivity index (χ4n) is 10.3. The average Bonchev–Trinajstić information content (AvgIpc) is 3.65. The molecular weight excluding hydrogens is 1150 g/mol. The number of benzene rings is 3. The van der Waals surface area contributed by atoms with Gasteiger partial charge in [0, 0.05) is 43.2 Å². The number of halogens is 1. The van der Waals surface area contributed by atoms with Crippen LogP contribution in [-0.4, -0.2) is 142 Å². The highest BCUT2D eigenvalue weighted by molar-refractivity contribution is 6.29. The Labute approximate surface area is 519 Å². The summed E-state index contributed by atoms with van der Waals surface area (Å²) in [5, 5.41) is 49.5. The minimum atomic E-state index is -0.999. The first-order valence-corrected chi connectivity index (χ1v) is 29.8. The Hall–Kier alpha value is -8.34. The van der Waals surface area contributed by atoms with Gasteiger partial charge in [-0.05, 0) is 226 Å². The van der Waals surface area contributed by atoms with Crippen molar-refractivity contribution in [1.82, 2.24) is 20.3 Å². The van der Waals surface area contributed by atoms with Gasteiger partial charge in [0.1, 0.15) is 33.9 Å². The van der Waals surface area contributed by atoms with Crippen molar-refractivity contribution in [2.24, 2.45) is 0 Å². The number of methoxy groups -OCH3 is 1. The van der Waals surface area contributed by atoms with Crippen molar-refractivity contribution in [2.75, 3.05) is 78.7 Å². The maximum atomic E-state index is 13.0. The summed E-state index contributed by atoms with van der Waals surface area (Å²) in [6, 6.07) is 20.8. The third-order valence-corrected chi connectivity index (χ3v) is 15.5. The Morgan fingerprint density at radius 1 is 0.500 bits per heavy atom. The monoisotopic (exact) mass is 1230 g/mol. The summed E-state index contributed by atoms with van der Waals surface area (Å²) in [7, 11) is 1.33. The molecule has 0 aliphatic carbocycles. The molecule has 3 aliphatic heterocycles. The number of anilines is 5. The number of carboxylic acid groups (broad SMARTS) is 1. The van der Waals surface area contributed by atoms with Crippen LogP contribution < -0.4 is 31.1 Å². The van der Waals surface area contributed by atoms with Crippen molar-refractivity contribution in [1.29, 1.82) is 0 Å². The Kier molecular flexibility index (Phi) is 25.0. The van der Waals surface area contributed by atoms with E-state index in [1.165, 1.54) is 7.11 Å². The predicted octanol–water partition coefficient (Wildman–Crippen LogP) is 9.75. The largest absolute Gasteiger partial charge is 0.478 e. The molecule has 22 heteroatoms. The standard InChI is InChI=1S/C23H29N3O4.C21H25N3O4.C17H17ClN2O3.C5H11NO/c1-5-30-23(29)17-12-15(3)20(16(4)13-17)25-22(28)21-14(2)6-7-19(24-21)26-10-8-18(27)9-11-26;1-12-4-5-17(24-8-6-16(25)7-9-24)22-19(12)20(26)23-18-13(2)10-15(21(27)28)11-14(18)3;1-9-5-6-13(18)19-15(9)16(21)20-14-10(2)7-12(8-11(14)3)17(22)23-4;7-5-1-3-6-4-2-5/h6-7,12-13,18,27H,5,8-11H2,1-4H3,(H,25,28);4-5,10-11,16,25H,6-9H2,1-3H3,(H,23,26)(H,27,28);5-8H,1-4H3,(H,20,21);5-7H,1-4H2. The highest BCUT2D eigenvalue weighted by atomic mass is 35.5. The summed E-state index contributed by atoms with van der Waals surface area (Å²) >= 11 is 5.86. The van der Waals surface area contributed by atoms with E-state index in [-0.39, 0.29) is 58.4 Å². The van der Waals surface area contributed by atoms with Crippen molar-refractivity contribution >= 4 is 75.9 Å². The normalized spacial score (nSPS) is 14.4. The number of aromatic carboxylic acids is 1. The third kappa shape index (κ3) is 18.8. The predicted molar refractivity (Wildman–Crippen MR) is 341 cm³/mol. The lowest BCUT2D eigenvalue weighted by Crippen LogP contribution is -2.36. The topological polar surface area (TPSA) is 295 Å². The highest BCUT2D eigenvalue weighted by Gasteiger charge is 2.24. The molecule has 0 atom stereocenters. The number of hydrogen-bond acceptors (Lipinski definition) is 17. The van der Waals surface area contributed by atoms with E-state index in [0.29, 0.717) is 109 Å². The third-order valence-electron chi connectivity index (χ3n) is 15.3. The van der Waals surface area contributed by atoms with Crippen molar-refractivity contribution in [3.05, 3.63) is 162 Å². The van der Waals surface area contributed by atoms with E-state index < -0.39 is 11.9 Å². The van der Waals surface area contributed by atoms with E-state index in [9.17, 15) is 44.1 Å². The average molecular weight is 1230 g/mol. The van der Waals surface area contributed by atoms with Gasteiger partial charge in [0.05, 0.1) is 48.7 Å².